The fourth-order valence-corrected chi connectivity index (χ4v) is 2.74. The maximum Gasteiger partial charge on any atom is 0.329 e. The summed E-state index contributed by atoms with van der Waals surface area (Å²) in [5, 5.41) is 0.485. The van der Waals surface area contributed by atoms with E-state index in [-0.39, 0.29) is 6.61 Å². The molecule has 0 spiro atoms. The van der Waals surface area contributed by atoms with Crippen molar-refractivity contribution in [2.24, 2.45) is 0 Å². The summed E-state index contributed by atoms with van der Waals surface area (Å²) in [6.07, 6.45) is 0. The molecule has 0 saturated heterocycles. The Morgan fingerprint density at radius 3 is 2.17 bits per heavy atom. The second-order valence-electron chi connectivity index (χ2n) is 5.40. The van der Waals surface area contributed by atoms with Gasteiger partial charge in [0.25, 0.3) is 11.8 Å². The van der Waals surface area contributed by atoms with E-state index in [0.29, 0.717) is 21.7 Å². The lowest BCUT2D eigenvalue weighted by atomic mass is 10.1. The number of rotatable bonds is 4. The molecule has 122 valence electrons. The van der Waals surface area contributed by atoms with Gasteiger partial charge in [0.1, 0.15) is 12.6 Å². The van der Waals surface area contributed by atoms with E-state index in [1.165, 1.54) is 6.92 Å². The van der Waals surface area contributed by atoms with Crippen LogP contribution in [0.3, 0.4) is 0 Å². The first-order chi connectivity index (χ1) is 11.5. The number of benzene rings is 2. The van der Waals surface area contributed by atoms with Crippen molar-refractivity contribution in [3.8, 4) is 0 Å². The number of hydrogen-bond acceptors (Lipinski definition) is 4. The number of fused-ring (bicyclic) bond motifs is 1. The molecule has 0 bridgehead atoms. The van der Waals surface area contributed by atoms with Gasteiger partial charge in [0.2, 0.25) is 0 Å². The first-order valence-electron chi connectivity index (χ1n) is 7.37. The molecule has 1 heterocycles. The Kier molecular flexibility index (Phi) is 4.36. The smallest absolute Gasteiger partial charge is 0.329 e. The third kappa shape index (κ3) is 2.78. The lowest BCUT2D eigenvalue weighted by Gasteiger charge is -2.21. The second kappa shape index (κ2) is 6.45. The highest BCUT2D eigenvalue weighted by atomic mass is 35.5. The topological polar surface area (TPSA) is 63.7 Å². The van der Waals surface area contributed by atoms with Crippen LogP contribution in [0.1, 0.15) is 33.2 Å². The van der Waals surface area contributed by atoms with Crippen molar-refractivity contribution in [2.45, 2.75) is 19.6 Å². The molecule has 2 amide bonds. The summed E-state index contributed by atoms with van der Waals surface area (Å²) in [5.41, 5.74) is 1.25. The van der Waals surface area contributed by atoms with Gasteiger partial charge in [0.15, 0.2) is 0 Å². The number of esters is 1. The summed E-state index contributed by atoms with van der Waals surface area (Å²) in [6.45, 7) is 1.45. The monoisotopic (exact) mass is 343 g/mol. The normalized spacial score (nSPS) is 14.5. The molecule has 5 nitrogen and oxygen atoms in total. The average Bonchev–Trinajstić information content (AvgIpc) is 2.85. The van der Waals surface area contributed by atoms with Crippen molar-refractivity contribution in [1.29, 1.82) is 0 Å². The molecule has 24 heavy (non-hydrogen) atoms. The van der Waals surface area contributed by atoms with E-state index in [0.717, 1.165) is 4.90 Å². The molecule has 0 aliphatic carbocycles. The average molecular weight is 344 g/mol. The number of halogens is 1. The van der Waals surface area contributed by atoms with Gasteiger partial charge in [-0.3, -0.25) is 14.5 Å². The molecule has 3 rings (SSSR count). The number of imide groups is 1. The minimum Gasteiger partial charge on any atom is -0.459 e. The van der Waals surface area contributed by atoms with E-state index in [2.05, 4.69) is 0 Å². The van der Waals surface area contributed by atoms with Gasteiger partial charge in [0, 0.05) is 10.6 Å². The Balaban J connectivity index is 1.72. The number of hydrogen-bond donors (Lipinski definition) is 0. The van der Waals surface area contributed by atoms with Gasteiger partial charge in [-0.15, -0.1) is 0 Å². The molecule has 1 aliphatic rings. The van der Waals surface area contributed by atoms with E-state index < -0.39 is 23.8 Å². The van der Waals surface area contributed by atoms with E-state index in [9.17, 15) is 14.4 Å². The van der Waals surface area contributed by atoms with Crippen molar-refractivity contribution in [2.75, 3.05) is 0 Å². The summed E-state index contributed by atoms with van der Waals surface area (Å²) in [7, 11) is 0. The molecule has 0 saturated carbocycles. The highest BCUT2D eigenvalue weighted by Crippen LogP contribution is 2.25. The van der Waals surface area contributed by atoms with Gasteiger partial charge in [-0.1, -0.05) is 41.9 Å². The quantitative estimate of drug-likeness (QED) is 0.632. The largest absolute Gasteiger partial charge is 0.459 e. The molecule has 0 N–H and O–H groups in total. The van der Waals surface area contributed by atoms with Gasteiger partial charge in [0.05, 0.1) is 11.1 Å². The van der Waals surface area contributed by atoms with Crippen LogP contribution in [0.25, 0.3) is 0 Å². The van der Waals surface area contributed by atoms with Crippen LogP contribution in [0.4, 0.5) is 0 Å². The molecule has 1 atom stereocenters. The van der Waals surface area contributed by atoms with Crippen molar-refractivity contribution in [3.05, 3.63) is 70.2 Å². The van der Waals surface area contributed by atoms with E-state index in [1.54, 1.807) is 48.5 Å². The van der Waals surface area contributed by atoms with Crippen molar-refractivity contribution >= 4 is 29.4 Å². The minimum atomic E-state index is -1.01. The van der Waals surface area contributed by atoms with E-state index in [1.807, 2.05) is 0 Å². The van der Waals surface area contributed by atoms with Crippen molar-refractivity contribution in [3.63, 3.8) is 0 Å². The molecule has 6 heteroatoms. The summed E-state index contributed by atoms with van der Waals surface area (Å²) in [6, 6.07) is 12.5. The van der Waals surface area contributed by atoms with Crippen LogP contribution < -0.4 is 0 Å². The lowest BCUT2D eigenvalue weighted by molar-refractivity contribution is -0.149. The fourth-order valence-electron chi connectivity index (χ4n) is 2.55. The van der Waals surface area contributed by atoms with Gasteiger partial charge in [-0.2, -0.15) is 0 Å². The van der Waals surface area contributed by atoms with Crippen LogP contribution in [-0.4, -0.2) is 28.7 Å². The van der Waals surface area contributed by atoms with E-state index in [4.69, 9.17) is 16.3 Å². The zero-order chi connectivity index (χ0) is 17.3. The first kappa shape index (κ1) is 16.2. The number of carbonyl (C=O) groups is 3. The molecule has 2 aromatic rings. The van der Waals surface area contributed by atoms with Crippen LogP contribution >= 0.6 is 11.6 Å². The zero-order valence-electron chi connectivity index (χ0n) is 12.9. The van der Waals surface area contributed by atoms with Crippen LogP contribution in [0, 0.1) is 0 Å². The molecule has 1 aliphatic heterocycles. The maximum atomic E-state index is 12.4. The second-order valence-corrected chi connectivity index (χ2v) is 5.81. The maximum absolute atomic E-state index is 12.4. The number of nitrogens with zero attached hydrogens (tertiary/aromatic N) is 1. The van der Waals surface area contributed by atoms with Gasteiger partial charge < -0.3 is 4.74 Å². The molecule has 0 unspecified atom stereocenters. The first-order valence-corrected chi connectivity index (χ1v) is 7.75. The molecule has 0 radical (unpaired) electrons. The SMILES string of the molecule is C[C@H](C(=O)OCc1ccccc1Cl)N1C(=O)c2ccccc2C1=O. The Bertz CT molecular complexity index is 798. The van der Waals surface area contributed by atoms with Crippen molar-refractivity contribution < 1.29 is 19.1 Å². The molecule has 0 aromatic heterocycles. The third-order valence-electron chi connectivity index (χ3n) is 3.88. The molecular weight excluding hydrogens is 330 g/mol. The van der Waals surface area contributed by atoms with Crippen LogP contribution in [0.5, 0.6) is 0 Å². The summed E-state index contributed by atoms with van der Waals surface area (Å²) in [5.74, 6) is -1.64. The minimum absolute atomic E-state index is 0.0218. The Hall–Kier alpha value is -2.66. The Morgan fingerprint density at radius 1 is 1.04 bits per heavy atom. The number of amides is 2. The summed E-state index contributed by atoms with van der Waals surface area (Å²) < 4.78 is 5.21. The highest BCUT2D eigenvalue weighted by molar-refractivity contribution is 6.31. The summed E-state index contributed by atoms with van der Waals surface area (Å²) >= 11 is 6.01. The highest BCUT2D eigenvalue weighted by Gasteiger charge is 2.41. The molecular formula is C18H14ClNO4. The van der Waals surface area contributed by atoms with Crippen molar-refractivity contribution in [1.82, 2.24) is 4.90 Å². The molecule has 2 aromatic carbocycles. The predicted octanol–water partition coefficient (Wildman–Crippen LogP) is 3.07. The number of ether oxygens (including phenoxy) is 1. The van der Waals surface area contributed by atoms with Gasteiger partial charge in [-0.25, -0.2) is 4.79 Å². The van der Waals surface area contributed by atoms with Crippen LogP contribution in [-0.2, 0) is 16.1 Å². The number of carbonyl (C=O) groups excluding carboxylic acids is 3. The van der Waals surface area contributed by atoms with Crippen LogP contribution in [0.15, 0.2) is 48.5 Å². The third-order valence-corrected chi connectivity index (χ3v) is 4.25. The van der Waals surface area contributed by atoms with E-state index >= 15 is 0 Å². The predicted molar refractivity (Wildman–Crippen MR) is 87.7 cm³/mol. The summed E-state index contributed by atoms with van der Waals surface area (Å²) in [4.78, 5) is 37.9. The van der Waals surface area contributed by atoms with Gasteiger partial charge >= 0.3 is 5.97 Å². The molecule has 0 fully saturated rings. The van der Waals surface area contributed by atoms with Gasteiger partial charge in [-0.05, 0) is 25.1 Å². The fraction of sp³-hybridized carbons (Fsp3) is 0.167. The lowest BCUT2D eigenvalue weighted by Crippen LogP contribution is -2.43. The standard InChI is InChI=1S/C18H14ClNO4/c1-11(18(23)24-10-12-6-2-5-9-15(12)19)20-16(21)13-7-3-4-8-14(13)17(20)22/h2-9,11H,10H2,1H3/t11-/m1/s1. The Labute approximate surface area is 143 Å². The Morgan fingerprint density at radius 2 is 1.58 bits per heavy atom. The zero-order valence-corrected chi connectivity index (χ0v) is 13.6. The van der Waals surface area contributed by atoms with Crippen LogP contribution in [0.2, 0.25) is 5.02 Å².